The van der Waals surface area contributed by atoms with Crippen LogP contribution in [-0.2, 0) is 19.1 Å². The molecule has 0 atom stereocenters. The van der Waals surface area contributed by atoms with Gasteiger partial charge in [-0.05, 0) is 32.8 Å². The molecule has 0 radical (unpaired) electrons. The molecule has 4 nitrogen and oxygen atoms in total. The van der Waals surface area contributed by atoms with E-state index in [1.54, 1.807) is 13.8 Å². The maximum absolute atomic E-state index is 11.9. The average molecular weight is 290 g/mol. The third kappa shape index (κ3) is 5.81. The Morgan fingerprint density at radius 2 is 1.57 bits per heavy atom. The smallest absolute Gasteiger partial charge is 0.320 e. The normalized spacial score (nSPS) is 11.3. The van der Waals surface area contributed by atoms with Crippen molar-refractivity contribution in [3.05, 3.63) is 41.5 Å². The first-order valence-corrected chi connectivity index (χ1v) is 7.14. The fourth-order valence-electron chi connectivity index (χ4n) is 1.96. The van der Waals surface area contributed by atoms with Crippen molar-refractivity contribution >= 4 is 18.0 Å². The highest BCUT2D eigenvalue weighted by Gasteiger charge is 2.29. The van der Waals surface area contributed by atoms with Crippen LogP contribution in [0.25, 0.3) is 6.08 Å². The second kappa shape index (κ2) is 8.95. The molecule has 0 N–H and O–H groups in total. The summed E-state index contributed by atoms with van der Waals surface area (Å²) in [6, 6.07) is 9.74. The van der Waals surface area contributed by atoms with Gasteiger partial charge in [-0.3, -0.25) is 9.59 Å². The highest BCUT2D eigenvalue weighted by molar-refractivity contribution is 5.95. The SMILES string of the molecule is CCOC(=O)C(C/C(C)=C/c1ccccc1)C(=O)OCC. The van der Waals surface area contributed by atoms with E-state index in [-0.39, 0.29) is 13.2 Å². The molecule has 0 unspecified atom stereocenters. The number of esters is 2. The van der Waals surface area contributed by atoms with E-state index in [2.05, 4.69) is 0 Å². The highest BCUT2D eigenvalue weighted by atomic mass is 16.6. The first kappa shape index (κ1) is 17.0. The molecule has 0 aromatic heterocycles. The number of ether oxygens (including phenoxy) is 2. The monoisotopic (exact) mass is 290 g/mol. The molecule has 0 fully saturated rings. The lowest BCUT2D eigenvalue weighted by molar-refractivity contribution is -0.161. The molecule has 21 heavy (non-hydrogen) atoms. The first-order chi connectivity index (χ1) is 10.1. The molecule has 1 rings (SSSR count). The molecular formula is C17H22O4. The van der Waals surface area contributed by atoms with Crippen LogP contribution in [0.1, 0.15) is 32.8 Å². The zero-order chi connectivity index (χ0) is 15.7. The average Bonchev–Trinajstić information content (AvgIpc) is 2.46. The maximum Gasteiger partial charge on any atom is 0.320 e. The molecule has 1 aromatic carbocycles. The van der Waals surface area contributed by atoms with Crippen LogP contribution in [-0.4, -0.2) is 25.2 Å². The summed E-state index contributed by atoms with van der Waals surface area (Å²) in [6.07, 6.45) is 2.25. The van der Waals surface area contributed by atoms with E-state index in [1.807, 2.05) is 43.3 Å². The van der Waals surface area contributed by atoms with Crippen molar-refractivity contribution in [2.45, 2.75) is 27.2 Å². The lowest BCUT2D eigenvalue weighted by Gasteiger charge is -2.14. The molecule has 1 aromatic rings. The Hall–Kier alpha value is -2.10. The fourth-order valence-corrected chi connectivity index (χ4v) is 1.96. The number of carbonyl (C=O) groups is 2. The van der Waals surface area contributed by atoms with Crippen LogP contribution in [0, 0.1) is 5.92 Å². The molecule has 0 aliphatic carbocycles. The Kier molecular flexibility index (Phi) is 7.23. The third-order valence-corrected chi connectivity index (χ3v) is 2.88. The lowest BCUT2D eigenvalue weighted by Crippen LogP contribution is -2.28. The van der Waals surface area contributed by atoms with E-state index in [9.17, 15) is 9.59 Å². The van der Waals surface area contributed by atoms with Gasteiger partial charge in [0.15, 0.2) is 5.92 Å². The largest absolute Gasteiger partial charge is 0.465 e. The number of hydrogen-bond donors (Lipinski definition) is 0. The van der Waals surface area contributed by atoms with Crippen molar-refractivity contribution < 1.29 is 19.1 Å². The molecule has 0 saturated heterocycles. The zero-order valence-corrected chi connectivity index (χ0v) is 12.8. The minimum Gasteiger partial charge on any atom is -0.465 e. The summed E-state index contributed by atoms with van der Waals surface area (Å²) in [6.45, 7) is 5.81. The number of benzene rings is 1. The molecule has 0 bridgehead atoms. The summed E-state index contributed by atoms with van der Waals surface area (Å²) in [5.41, 5.74) is 1.95. The van der Waals surface area contributed by atoms with Gasteiger partial charge in [-0.2, -0.15) is 0 Å². The minimum atomic E-state index is -0.898. The van der Waals surface area contributed by atoms with Crippen LogP contribution in [0.3, 0.4) is 0 Å². The van der Waals surface area contributed by atoms with E-state index in [4.69, 9.17) is 9.47 Å². The number of carbonyl (C=O) groups excluding carboxylic acids is 2. The lowest BCUT2D eigenvalue weighted by atomic mass is 9.98. The van der Waals surface area contributed by atoms with Crippen molar-refractivity contribution in [2.24, 2.45) is 5.92 Å². The zero-order valence-electron chi connectivity index (χ0n) is 12.8. The Morgan fingerprint density at radius 1 is 1.05 bits per heavy atom. The van der Waals surface area contributed by atoms with Crippen LogP contribution >= 0.6 is 0 Å². The first-order valence-electron chi connectivity index (χ1n) is 7.14. The van der Waals surface area contributed by atoms with Crippen LogP contribution in [0.15, 0.2) is 35.9 Å². The van der Waals surface area contributed by atoms with Gasteiger partial charge < -0.3 is 9.47 Å². The molecule has 0 heterocycles. The van der Waals surface area contributed by atoms with Gasteiger partial charge in [-0.15, -0.1) is 0 Å². The van der Waals surface area contributed by atoms with Crippen molar-refractivity contribution in [3.63, 3.8) is 0 Å². The molecule has 0 saturated carbocycles. The van der Waals surface area contributed by atoms with Crippen LogP contribution in [0.5, 0.6) is 0 Å². The Balaban J connectivity index is 2.82. The topological polar surface area (TPSA) is 52.6 Å². The summed E-state index contributed by atoms with van der Waals surface area (Å²) < 4.78 is 9.91. The van der Waals surface area contributed by atoms with E-state index in [0.29, 0.717) is 6.42 Å². The molecule has 114 valence electrons. The predicted molar refractivity (Wildman–Crippen MR) is 81.5 cm³/mol. The maximum atomic E-state index is 11.9. The Morgan fingerprint density at radius 3 is 2.05 bits per heavy atom. The molecular weight excluding hydrogens is 268 g/mol. The van der Waals surface area contributed by atoms with Gasteiger partial charge in [0.1, 0.15) is 0 Å². The van der Waals surface area contributed by atoms with Gasteiger partial charge >= 0.3 is 11.9 Å². The molecule has 0 amide bonds. The fraction of sp³-hybridized carbons (Fsp3) is 0.412. The van der Waals surface area contributed by atoms with Crippen LogP contribution in [0.4, 0.5) is 0 Å². The van der Waals surface area contributed by atoms with Crippen molar-refractivity contribution in [3.8, 4) is 0 Å². The third-order valence-electron chi connectivity index (χ3n) is 2.88. The second-order valence-electron chi connectivity index (χ2n) is 4.66. The molecule has 0 aliphatic heterocycles. The number of allylic oxidation sites excluding steroid dienone is 1. The summed E-state index contributed by atoms with van der Waals surface area (Å²) in [5.74, 6) is -1.96. The summed E-state index contributed by atoms with van der Waals surface area (Å²) in [4.78, 5) is 23.8. The summed E-state index contributed by atoms with van der Waals surface area (Å²) in [7, 11) is 0. The van der Waals surface area contributed by atoms with Crippen LogP contribution < -0.4 is 0 Å². The molecule has 0 spiro atoms. The van der Waals surface area contributed by atoms with Crippen LogP contribution in [0.2, 0.25) is 0 Å². The summed E-state index contributed by atoms with van der Waals surface area (Å²) >= 11 is 0. The van der Waals surface area contributed by atoms with E-state index in [1.165, 1.54) is 0 Å². The van der Waals surface area contributed by atoms with Gasteiger partial charge in [0.05, 0.1) is 13.2 Å². The Labute approximate surface area is 125 Å². The van der Waals surface area contributed by atoms with E-state index < -0.39 is 17.9 Å². The highest BCUT2D eigenvalue weighted by Crippen LogP contribution is 2.18. The van der Waals surface area contributed by atoms with Gasteiger partial charge in [0, 0.05) is 0 Å². The standard InChI is InChI=1S/C17H22O4/c1-4-20-16(18)15(17(19)21-5-2)12-13(3)11-14-9-7-6-8-10-14/h6-11,15H,4-5,12H2,1-3H3/b13-11+. The van der Waals surface area contributed by atoms with E-state index in [0.717, 1.165) is 11.1 Å². The van der Waals surface area contributed by atoms with Gasteiger partial charge in [-0.25, -0.2) is 0 Å². The van der Waals surface area contributed by atoms with Gasteiger partial charge in [0.2, 0.25) is 0 Å². The molecule has 0 aliphatic rings. The number of rotatable bonds is 7. The molecule has 4 heteroatoms. The van der Waals surface area contributed by atoms with E-state index >= 15 is 0 Å². The summed E-state index contributed by atoms with van der Waals surface area (Å²) in [5, 5.41) is 0. The van der Waals surface area contributed by atoms with Crippen molar-refractivity contribution in [2.75, 3.05) is 13.2 Å². The van der Waals surface area contributed by atoms with Crippen molar-refractivity contribution in [1.29, 1.82) is 0 Å². The quantitative estimate of drug-likeness (QED) is 0.571. The van der Waals surface area contributed by atoms with Gasteiger partial charge in [0.25, 0.3) is 0 Å². The Bertz CT molecular complexity index is 473. The number of hydrogen-bond acceptors (Lipinski definition) is 4. The van der Waals surface area contributed by atoms with Gasteiger partial charge in [-0.1, -0.05) is 42.0 Å². The van der Waals surface area contributed by atoms with Crippen molar-refractivity contribution in [1.82, 2.24) is 0 Å². The minimum absolute atomic E-state index is 0.246. The second-order valence-corrected chi connectivity index (χ2v) is 4.66. The predicted octanol–water partition coefficient (Wildman–Crippen LogP) is 3.22.